The van der Waals surface area contributed by atoms with E-state index in [1.807, 2.05) is 6.07 Å². The van der Waals surface area contributed by atoms with Gasteiger partial charge in [-0.2, -0.15) is 0 Å². The number of nitrogens with one attached hydrogen (secondary N) is 1. The van der Waals surface area contributed by atoms with E-state index < -0.39 is 0 Å². The van der Waals surface area contributed by atoms with E-state index in [-0.39, 0.29) is 17.7 Å². The fraction of sp³-hybridized carbons (Fsp3) is 0.533. The maximum atomic E-state index is 12.1. The van der Waals surface area contributed by atoms with Crippen LogP contribution in [-0.4, -0.2) is 34.8 Å². The molecule has 0 radical (unpaired) electrons. The van der Waals surface area contributed by atoms with Gasteiger partial charge in [-0.25, -0.2) is 4.98 Å². The lowest BCUT2D eigenvalue weighted by molar-refractivity contribution is -0.129. The third-order valence-electron chi connectivity index (χ3n) is 3.43. The van der Waals surface area contributed by atoms with E-state index in [4.69, 9.17) is 11.6 Å². The molecule has 1 aromatic heterocycles. The molecule has 1 aliphatic heterocycles. The lowest BCUT2D eigenvalue weighted by Gasteiger charge is -2.18. The Morgan fingerprint density at radius 3 is 2.90 bits per heavy atom. The number of hydrogen-bond acceptors (Lipinski definition) is 3. The van der Waals surface area contributed by atoms with Gasteiger partial charge in [0.1, 0.15) is 5.15 Å². The minimum atomic E-state index is -0.253. The van der Waals surface area contributed by atoms with Crippen LogP contribution in [0.25, 0.3) is 0 Å². The zero-order valence-corrected chi connectivity index (χ0v) is 13.1. The Bertz CT molecular complexity index is 516. The minimum absolute atomic E-state index is 0.0667. The highest BCUT2D eigenvalue weighted by Crippen LogP contribution is 2.19. The molecule has 1 aliphatic rings. The summed E-state index contributed by atoms with van der Waals surface area (Å²) in [5.74, 6) is 0.147. The highest BCUT2D eigenvalue weighted by Gasteiger charge is 2.34. The van der Waals surface area contributed by atoms with Crippen molar-refractivity contribution < 1.29 is 9.59 Å². The van der Waals surface area contributed by atoms with Crippen molar-refractivity contribution in [2.75, 3.05) is 13.1 Å². The fourth-order valence-electron chi connectivity index (χ4n) is 2.41. The van der Waals surface area contributed by atoms with Gasteiger partial charge in [0.25, 0.3) is 0 Å². The number of halogens is 1. The van der Waals surface area contributed by atoms with E-state index in [0.29, 0.717) is 37.1 Å². The quantitative estimate of drug-likeness (QED) is 0.844. The molecule has 1 unspecified atom stereocenters. The van der Waals surface area contributed by atoms with Crippen molar-refractivity contribution >= 4 is 23.4 Å². The summed E-state index contributed by atoms with van der Waals surface area (Å²) in [5, 5.41) is 3.28. The van der Waals surface area contributed by atoms with Crippen LogP contribution in [0.1, 0.15) is 25.8 Å². The highest BCUT2D eigenvalue weighted by atomic mass is 35.5. The van der Waals surface area contributed by atoms with Crippen molar-refractivity contribution in [2.45, 2.75) is 26.8 Å². The molecule has 0 aromatic carbocycles. The molecule has 2 rings (SSSR count). The van der Waals surface area contributed by atoms with Gasteiger partial charge < -0.3 is 10.2 Å². The van der Waals surface area contributed by atoms with E-state index in [2.05, 4.69) is 24.1 Å². The van der Waals surface area contributed by atoms with Gasteiger partial charge in [-0.3, -0.25) is 9.59 Å². The summed E-state index contributed by atoms with van der Waals surface area (Å²) < 4.78 is 0. The Morgan fingerprint density at radius 2 is 2.29 bits per heavy atom. The molecule has 1 atom stereocenters. The van der Waals surface area contributed by atoms with Gasteiger partial charge in [0, 0.05) is 32.3 Å². The Morgan fingerprint density at radius 1 is 1.52 bits per heavy atom. The van der Waals surface area contributed by atoms with Crippen LogP contribution < -0.4 is 5.32 Å². The van der Waals surface area contributed by atoms with Crippen molar-refractivity contribution in [3.63, 3.8) is 0 Å². The summed E-state index contributed by atoms with van der Waals surface area (Å²) in [7, 11) is 0. The van der Waals surface area contributed by atoms with Crippen molar-refractivity contribution in [1.29, 1.82) is 0 Å². The molecule has 0 aliphatic carbocycles. The topological polar surface area (TPSA) is 62.3 Å². The van der Waals surface area contributed by atoms with E-state index in [9.17, 15) is 9.59 Å². The first-order valence-corrected chi connectivity index (χ1v) is 7.49. The second kappa shape index (κ2) is 6.89. The Hall–Kier alpha value is -1.62. The molecule has 1 N–H and O–H groups in total. The van der Waals surface area contributed by atoms with E-state index in [1.54, 1.807) is 17.2 Å². The van der Waals surface area contributed by atoms with E-state index in [0.717, 1.165) is 5.56 Å². The van der Waals surface area contributed by atoms with Gasteiger partial charge in [0.2, 0.25) is 11.8 Å². The summed E-state index contributed by atoms with van der Waals surface area (Å²) in [6, 6.07) is 3.51. The number of carbonyl (C=O) groups excluding carboxylic acids is 2. The maximum absolute atomic E-state index is 12.1. The first-order chi connectivity index (χ1) is 9.95. The van der Waals surface area contributed by atoms with Gasteiger partial charge in [-0.05, 0) is 17.5 Å². The average molecular weight is 310 g/mol. The molecule has 0 spiro atoms. The van der Waals surface area contributed by atoms with Crippen molar-refractivity contribution in [3.05, 3.63) is 29.0 Å². The molecular formula is C15H20ClN3O2. The van der Waals surface area contributed by atoms with Crippen LogP contribution in [0, 0.1) is 11.8 Å². The van der Waals surface area contributed by atoms with E-state index in [1.165, 1.54) is 0 Å². The fourth-order valence-corrected chi connectivity index (χ4v) is 2.52. The van der Waals surface area contributed by atoms with Crippen LogP contribution in [0.2, 0.25) is 5.15 Å². The number of likely N-dealkylation sites (tertiary alicyclic amines) is 1. The number of amides is 2. The first-order valence-electron chi connectivity index (χ1n) is 7.11. The zero-order valence-electron chi connectivity index (χ0n) is 12.3. The smallest absolute Gasteiger partial charge is 0.225 e. The highest BCUT2D eigenvalue weighted by molar-refractivity contribution is 6.29. The molecular weight excluding hydrogens is 290 g/mol. The zero-order chi connectivity index (χ0) is 15.4. The van der Waals surface area contributed by atoms with Crippen molar-refractivity contribution in [3.8, 4) is 0 Å². The summed E-state index contributed by atoms with van der Waals surface area (Å²) in [4.78, 5) is 29.7. The SMILES string of the molecule is CC(C)CN1CC(C(=O)NCc2ccc(Cl)nc2)CC1=O. The van der Waals surface area contributed by atoms with Crippen LogP contribution in [0.5, 0.6) is 0 Å². The average Bonchev–Trinajstić information content (AvgIpc) is 2.78. The van der Waals surface area contributed by atoms with E-state index >= 15 is 0 Å². The van der Waals surface area contributed by atoms with Crippen LogP contribution in [-0.2, 0) is 16.1 Å². The molecule has 1 fully saturated rings. The summed E-state index contributed by atoms with van der Waals surface area (Å²) in [5.41, 5.74) is 0.885. The molecule has 2 heterocycles. The van der Waals surface area contributed by atoms with Gasteiger partial charge in [-0.15, -0.1) is 0 Å². The molecule has 114 valence electrons. The number of hydrogen-bond donors (Lipinski definition) is 1. The molecule has 0 bridgehead atoms. The monoisotopic (exact) mass is 309 g/mol. The standard InChI is InChI=1S/C15H20ClN3O2/c1-10(2)8-19-9-12(5-14(19)20)15(21)18-7-11-3-4-13(16)17-6-11/h3-4,6,10,12H,5,7-9H2,1-2H3,(H,18,21). The Labute approximate surface area is 129 Å². The van der Waals surface area contributed by atoms with Gasteiger partial charge >= 0.3 is 0 Å². The normalized spacial score (nSPS) is 18.4. The predicted octanol–water partition coefficient (Wildman–Crippen LogP) is 1.86. The summed E-state index contributed by atoms with van der Waals surface area (Å²) in [6.45, 7) is 5.76. The lowest BCUT2D eigenvalue weighted by atomic mass is 10.1. The Balaban J connectivity index is 1.84. The number of aromatic nitrogens is 1. The summed E-state index contributed by atoms with van der Waals surface area (Å²) in [6.07, 6.45) is 1.94. The van der Waals surface area contributed by atoms with Crippen LogP contribution in [0.15, 0.2) is 18.3 Å². The molecule has 2 amide bonds. The Kier molecular flexibility index (Phi) is 5.17. The maximum Gasteiger partial charge on any atom is 0.225 e. The van der Waals surface area contributed by atoms with Crippen LogP contribution in [0.3, 0.4) is 0 Å². The third kappa shape index (κ3) is 4.43. The second-order valence-electron chi connectivity index (χ2n) is 5.80. The molecule has 0 saturated carbocycles. The minimum Gasteiger partial charge on any atom is -0.352 e. The number of carbonyl (C=O) groups is 2. The lowest BCUT2D eigenvalue weighted by Crippen LogP contribution is -2.33. The molecule has 21 heavy (non-hydrogen) atoms. The number of nitrogens with zero attached hydrogens (tertiary/aromatic N) is 2. The number of pyridine rings is 1. The third-order valence-corrected chi connectivity index (χ3v) is 3.65. The molecule has 1 saturated heterocycles. The number of rotatable bonds is 5. The van der Waals surface area contributed by atoms with Crippen LogP contribution >= 0.6 is 11.6 Å². The summed E-state index contributed by atoms with van der Waals surface area (Å²) >= 11 is 5.71. The van der Waals surface area contributed by atoms with Crippen LogP contribution in [0.4, 0.5) is 0 Å². The predicted molar refractivity (Wildman–Crippen MR) is 80.6 cm³/mol. The second-order valence-corrected chi connectivity index (χ2v) is 6.19. The van der Waals surface area contributed by atoms with Gasteiger partial charge in [-0.1, -0.05) is 31.5 Å². The molecule has 5 nitrogen and oxygen atoms in total. The van der Waals surface area contributed by atoms with Crippen molar-refractivity contribution in [1.82, 2.24) is 15.2 Å². The van der Waals surface area contributed by atoms with Gasteiger partial charge in [0.05, 0.1) is 5.92 Å². The van der Waals surface area contributed by atoms with Crippen molar-refractivity contribution in [2.24, 2.45) is 11.8 Å². The molecule has 1 aromatic rings. The first kappa shape index (κ1) is 15.8. The largest absolute Gasteiger partial charge is 0.352 e. The molecule has 6 heteroatoms. The van der Waals surface area contributed by atoms with Gasteiger partial charge in [0.15, 0.2) is 0 Å².